The third kappa shape index (κ3) is 5.50. The fourth-order valence-electron chi connectivity index (χ4n) is 3.22. The summed E-state index contributed by atoms with van der Waals surface area (Å²) >= 11 is 12.0. The SMILES string of the molecule is CC(C)(CCCc1ccc(F)c(Oc2cccc(Cl)c2)c1)c1ccc(Cl)cc1. The topological polar surface area (TPSA) is 9.23 Å². The van der Waals surface area contributed by atoms with Crippen molar-refractivity contribution >= 4 is 23.2 Å². The van der Waals surface area contributed by atoms with E-state index in [9.17, 15) is 4.39 Å². The van der Waals surface area contributed by atoms with E-state index in [1.165, 1.54) is 11.6 Å². The van der Waals surface area contributed by atoms with Crippen LogP contribution in [0.25, 0.3) is 0 Å². The van der Waals surface area contributed by atoms with E-state index in [2.05, 4.69) is 26.0 Å². The lowest BCUT2D eigenvalue weighted by atomic mass is 9.80. The standard InChI is InChI=1S/C24H23Cl2FO/c1-24(2,18-9-11-19(25)12-10-18)14-4-5-17-8-13-22(27)23(15-17)28-21-7-3-6-20(26)16-21/h3,6-13,15-16H,4-5,14H2,1-2H3. The fourth-order valence-corrected chi connectivity index (χ4v) is 3.53. The predicted molar refractivity (Wildman–Crippen MR) is 115 cm³/mol. The van der Waals surface area contributed by atoms with Crippen molar-refractivity contribution < 1.29 is 9.13 Å². The molecule has 3 aromatic rings. The van der Waals surface area contributed by atoms with Gasteiger partial charge in [0, 0.05) is 10.0 Å². The fraction of sp³-hybridized carbons (Fsp3) is 0.250. The Labute approximate surface area is 176 Å². The van der Waals surface area contributed by atoms with Gasteiger partial charge in [0.25, 0.3) is 0 Å². The van der Waals surface area contributed by atoms with Crippen LogP contribution in [-0.4, -0.2) is 0 Å². The first-order valence-corrected chi connectivity index (χ1v) is 10.1. The van der Waals surface area contributed by atoms with Crippen LogP contribution in [0.5, 0.6) is 11.5 Å². The average Bonchev–Trinajstić information content (AvgIpc) is 2.65. The molecule has 0 fully saturated rings. The van der Waals surface area contributed by atoms with E-state index in [1.54, 1.807) is 30.3 Å². The molecule has 0 spiro atoms. The van der Waals surface area contributed by atoms with Gasteiger partial charge in [-0.2, -0.15) is 0 Å². The van der Waals surface area contributed by atoms with Gasteiger partial charge >= 0.3 is 0 Å². The van der Waals surface area contributed by atoms with Crippen molar-refractivity contribution in [3.05, 3.63) is 93.7 Å². The van der Waals surface area contributed by atoms with E-state index >= 15 is 0 Å². The summed E-state index contributed by atoms with van der Waals surface area (Å²) < 4.78 is 19.8. The molecule has 1 nitrogen and oxygen atoms in total. The largest absolute Gasteiger partial charge is 0.454 e. The summed E-state index contributed by atoms with van der Waals surface area (Å²) in [7, 11) is 0. The molecule has 0 amide bonds. The Bertz CT molecular complexity index is 936. The molecule has 0 N–H and O–H groups in total. The van der Waals surface area contributed by atoms with Crippen molar-refractivity contribution in [1.82, 2.24) is 0 Å². The van der Waals surface area contributed by atoms with Crippen LogP contribution in [0, 0.1) is 5.82 Å². The van der Waals surface area contributed by atoms with Gasteiger partial charge in [-0.3, -0.25) is 0 Å². The number of halogens is 3. The van der Waals surface area contributed by atoms with E-state index in [4.69, 9.17) is 27.9 Å². The van der Waals surface area contributed by atoms with Crippen LogP contribution in [0.15, 0.2) is 66.7 Å². The first-order chi connectivity index (χ1) is 13.3. The maximum absolute atomic E-state index is 14.2. The van der Waals surface area contributed by atoms with Gasteiger partial charge in [-0.15, -0.1) is 0 Å². The molecule has 146 valence electrons. The minimum atomic E-state index is -0.384. The first kappa shape index (κ1) is 20.7. The van der Waals surface area contributed by atoms with Crippen LogP contribution in [0.2, 0.25) is 10.0 Å². The second-order valence-electron chi connectivity index (χ2n) is 7.57. The van der Waals surface area contributed by atoms with E-state index in [0.29, 0.717) is 10.8 Å². The molecule has 0 unspecified atom stereocenters. The molecule has 0 aliphatic heterocycles. The van der Waals surface area contributed by atoms with E-state index in [0.717, 1.165) is 29.8 Å². The van der Waals surface area contributed by atoms with Gasteiger partial charge in [0.15, 0.2) is 11.6 Å². The summed E-state index contributed by atoms with van der Waals surface area (Å²) in [6, 6.07) is 20.0. The number of ether oxygens (including phenoxy) is 1. The zero-order valence-electron chi connectivity index (χ0n) is 16.0. The van der Waals surface area contributed by atoms with Crippen LogP contribution in [-0.2, 0) is 11.8 Å². The zero-order chi connectivity index (χ0) is 20.1. The van der Waals surface area contributed by atoms with Crippen LogP contribution in [0.4, 0.5) is 4.39 Å². The highest BCUT2D eigenvalue weighted by Gasteiger charge is 2.20. The highest BCUT2D eigenvalue weighted by molar-refractivity contribution is 6.30. The third-order valence-electron chi connectivity index (χ3n) is 4.91. The Kier molecular flexibility index (Phi) is 6.64. The van der Waals surface area contributed by atoms with Crippen LogP contribution in [0.1, 0.15) is 37.8 Å². The Morgan fingerprint density at radius 2 is 1.64 bits per heavy atom. The molecule has 0 bridgehead atoms. The highest BCUT2D eigenvalue weighted by Crippen LogP contribution is 2.31. The van der Waals surface area contributed by atoms with Crippen molar-refractivity contribution in [2.75, 3.05) is 0 Å². The number of hydrogen-bond acceptors (Lipinski definition) is 1. The summed E-state index contributed by atoms with van der Waals surface area (Å²) in [5, 5.41) is 1.30. The maximum Gasteiger partial charge on any atom is 0.165 e. The average molecular weight is 417 g/mol. The van der Waals surface area contributed by atoms with Crippen molar-refractivity contribution in [1.29, 1.82) is 0 Å². The summed E-state index contributed by atoms with van der Waals surface area (Å²) in [5.74, 6) is 0.356. The Balaban J connectivity index is 1.64. The minimum absolute atomic E-state index is 0.0464. The molecule has 0 aromatic heterocycles. The quantitative estimate of drug-likeness (QED) is 0.376. The molecule has 0 saturated heterocycles. The molecular weight excluding hydrogens is 394 g/mol. The predicted octanol–water partition coefficient (Wildman–Crippen LogP) is 8.23. The van der Waals surface area contributed by atoms with Crippen molar-refractivity contribution in [2.45, 2.75) is 38.5 Å². The molecular formula is C24H23Cl2FO. The van der Waals surface area contributed by atoms with Gasteiger partial charge in [0.05, 0.1) is 0 Å². The van der Waals surface area contributed by atoms with Crippen LogP contribution < -0.4 is 4.74 Å². The van der Waals surface area contributed by atoms with E-state index in [-0.39, 0.29) is 17.0 Å². The monoisotopic (exact) mass is 416 g/mol. The summed E-state index contributed by atoms with van der Waals surface area (Å²) in [5.41, 5.74) is 2.36. The number of benzene rings is 3. The molecule has 0 aliphatic rings. The normalized spacial score (nSPS) is 11.5. The third-order valence-corrected chi connectivity index (χ3v) is 5.40. The number of rotatable bonds is 7. The lowest BCUT2D eigenvalue weighted by molar-refractivity contribution is 0.439. The second kappa shape index (κ2) is 8.98. The van der Waals surface area contributed by atoms with Gasteiger partial charge in [0.1, 0.15) is 5.75 Å². The Morgan fingerprint density at radius 3 is 2.36 bits per heavy atom. The summed E-state index contributed by atoms with van der Waals surface area (Å²) in [4.78, 5) is 0. The number of hydrogen-bond donors (Lipinski definition) is 0. The second-order valence-corrected chi connectivity index (χ2v) is 8.44. The van der Waals surface area contributed by atoms with Crippen LogP contribution in [0.3, 0.4) is 0 Å². The van der Waals surface area contributed by atoms with E-state index in [1.807, 2.05) is 18.2 Å². The maximum atomic E-state index is 14.2. The van der Waals surface area contributed by atoms with E-state index < -0.39 is 0 Å². The molecule has 3 aromatic carbocycles. The summed E-state index contributed by atoms with van der Waals surface area (Å²) in [6.07, 6.45) is 2.84. The number of aryl methyl sites for hydroxylation is 1. The molecule has 28 heavy (non-hydrogen) atoms. The zero-order valence-corrected chi connectivity index (χ0v) is 17.5. The molecule has 0 aliphatic carbocycles. The summed E-state index contributed by atoms with van der Waals surface area (Å²) in [6.45, 7) is 4.46. The lowest BCUT2D eigenvalue weighted by Gasteiger charge is -2.25. The van der Waals surface area contributed by atoms with Gasteiger partial charge in [0.2, 0.25) is 0 Å². The smallest absolute Gasteiger partial charge is 0.165 e. The minimum Gasteiger partial charge on any atom is -0.454 e. The van der Waals surface area contributed by atoms with Gasteiger partial charge < -0.3 is 4.74 Å². The van der Waals surface area contributed by atoms with Crippen molar-refractivity contribution in [3.8, 4) is 11.5 Å². The van der Waals surface area contributed by atoms with Crippen LogP contribution >= 0.6 is 23.2 Å². The first-order valence-electron chi connectivity index (χ1n) is 9.31. The lowest BCUT2D eigenvalue weighted by Crippen LogP contribution is -2.17. The van der Waals surface area contributed by atoms with Crippen molar-refractivity contribution in [2.24, 2.45) is 0 Å². The van der Waals surface area contributed by atoms with Crippen molar-refractivity contribution in [3.63, 3.8) is 0 Å². The Morgan fingerprint density at radius 1 is 0.893 bits per heavy atom. The highest BCUT2D eigenvalue weighted by atomic mass is 35.5. The van der Waals surface area contributed by atoms with Gasteiger partial charge in [-0.1, -0.05) is 61.3 Å². The molecule has 0 saturated carbocycles. The molecule has 4 heteroatoms. The van der Waals surface area contributed by atoms with Gasteiger partial charge in [-0.05, 0) is 78.3 Å². The molecule has 3 rings (SSSR count). The Hall–Kier alpha value is -2.03. The molecule has 0 radical (unpaired) electrons. The molecule has 0 atom stereocenters. The van der Waals surface area contributed by atoms with Gasteiger partial charge in [-0.25, -0.2) is 4.39 Å². The molecule has 0 heterocycles.